The molecule has 1 aromatic heterocycles. The minimum Gasteiger partial charge on any atom is -0.497 e. The minimum absolute atomic E-state index is 0.358. The Morgan fingerprint density at radius 1 is 1.28 bits per heavy atom. The highest BCUT2D eigenvalue weighted by molar-refractivity contribution is 7.80. The molecule has 0 aliphatic rings. The van der Waals surface area contributed by atoms with Crippen molar-refractivity contribution in [2.24, 2.45) is 5.92 Å². The number of esters is 1. The second-order valence-corrected chi connectivity index (χ2v) is 7.15. The van der Waals surface area contributed by atoms with Crippen molar-refractivity contribution >= 4 is 45.3 Å². The van der Waals surface area contributed by atoms with E-state index in [9.17, 15) is 4.79 Å². The fraction of sp³-hybridized carbons (Fsp3) is 0.333. The van der Waals surface area contributed by atoms with Crippen molar-refractivity contribution in [1.82, 2.24) is 0 Å². The smallest absolute Gasteiger partial charge is 0.341 e. The van der Waals surface area contributed by atoms with Gasteiger partial charge in [0.05, 0.1) is 19.8 Å². The maximum absolute atomic E-state index is 12.2. The third kappa shape index (κ3) is 5.17. The van der Waals surface area contributed by atoms with E-state index >= 15 is 0 Å². The molecule has 0 atom stereocenters. The Morgan fingerprint density at radius 3 is 2.68 bits per heavy atom. The predicted octanol–water partition coefficient (Wildman–Crippen LogP) is 4.55. The van der Waals surface area contributed by atoms with Crippen molar-refractivity contribution in [2.75, 3.05) is 24.9 Å². The molecule has 1 heterocycles. The number of benzene rings is 1. The van der Waals surface area contributed by atoms with Crippen LogP contribution in [0.25, 0.3) is 0 Å². The van der Waals surface area contributed by atoms with Gasteiger partial charge in [0.2, 0.25) is 0 Å². The van der Waals surface area contributed by atoms with Gasteiger partial charge in [-0.1, -0.05) is 19.9 Å². The summed E-state index contributed by atoms with van der Waals surface area (Å²) in [5.74, 6) is 0.815. The van der Waals surface area contributed by atoms with E-state index in [0.29, 0.717) is 21.6 Å². The number of ether oxygens (including phenoxy) is 2. The molecule has 5 nitrogen and oxygen atoms in total. The van der Waals surface area contributed by atoms with E-state index in [1.165, 1.54) is 18.4 Å². The molecule has 0 spiro atoms. The highest BCUT2D eigenvalue weighted by Gasteiger charge is 2.21. The van der Waals surface area contributed by atoms with Gasteiger partial charge in [-0.3, -0.25) is 0 Å². The molecule has 0 amide bonds. The molecule has 0 saturated carbocycles. The highest BCUT2D eigenvalue weighted by Crippen LogP contribution is 2.31. The molecule has 0 aliphatic carbocycles. The molecule has 134 valence electrons. The van der Waals surface area contributed by atoms with E-state index in [2.05, 4.69) is 24.5 Å². The third-order valence-corrected chi connectivity index (χ3v) is 4.59. The van der Waals surface area contributed by atoms with Crippen molar-refractivity contribution in [3.05, 3.63) is 40.8 Å². The Hall–Kier alpha value is -2.12. The van der Waals surface area contributed by atoms with Gasteiger partial charge in [0.1, 0.15) is 10.8 Å². The van der Waals surface area contributed by atoms with Crippen LogP contribution in [0.4, 0.5) is 10.7 Å². The zero-order valence-electron chi connectivity index (χ0n) is 14.7. The summed E-state index contributed by atoms with van der Waals surface area (Å²) in [5.41, 5.74) is 2.32. The summed E-state index contributed by atoms with van der Waals surface area (Å²) >= 11 is 6.81. The SMILES string of the molecule is COC(=O)c1c(CC(C)C)csc1NC(=S)Nc1cccc(OC)c1. The number of rotatable bonds is 6. The summed E-state index contributed by atoms with van der Waals surface area (Å²) < 4.78 is 10.1. The fourth-order valence-corrected chi connectivity index (χ4v) is 3.62. The van der Waals surface area contributed by atoms with Crippen LogP contribution in [0.15, 0.2) is 29.6 Å². The van der Waals surface area contributed by atoms with Crippen LogP contribution in [-0.4, -0.2) is 25.3 Å². The van der Waals surface area contributed by atoms with Gasteiger partial charge in [0.15, 0.2) is 5.11 Å². The van der Waals surface area contributed by atoms with Gasteiger partial charge < -0.3 is 20.1 Å². The Morgan fingerprint density at radius 2 is 2.04 bits per heavy atom. The lowest BCUT2D eigenvalue weighted by Crippen LogP contribution is -2.20. The van der Waals surface area contributed by atoms with Crippen molar-refractivity contribution in [2.45, 2.75) is 20.3 Å². The second-order valence-electron chi connectivity index (χ2n) is 5.87. The summed E-state index contributed by atoms with van der Waals surface area (Å²) in [6.07, 6.45) is 0.804. The lowest BCUT2D eigenvalue weighted by atomic mass is 10.0. The standard InChI is InChI=1S/C18H22N2O3S2/c1-11(2)8-12-10-25-16(15(12)17(21)23-4)20-18(24)19-13-6-5-7-14(9-13)22-3/h5-7,9-11H,8H2,1-4H3,(H2,19,20,24). The number of hydrogen-bond donors (Lipinski definition) is 2. The van der Waals surface area contributed by atoms with Gasteiger partial charge in [0, 0.05) is 11.8 Å². The third-order valence-electron chi connectivity index (χ3n) is 3.44. The van der Waals surface area contributed by atoms with Crippen LogP contribution < -0.4 is 15.4 Å². The Balaban J connectivity index is 2.16. The lowest BCUT2D eigenvalue weighted by molar-refractivity contribution is 0.0601. The molecule has 0 bridgehead atoms. The molecule has 0 aliphatic heterocycles. The number of methoxy groups -OCH3 is 2. The molecular weight excluding hydrogens is 356 g/mol. The van der Waals surface area contributed by atoms with Gasteiger partial charge in [-0.05, 0) is 47.6 Å². The highest BCUT2D eigenvalue weighted by atomic mass is 32.1. The monoisotopic (exact) mass is 378 g/mol. The number of carbonyl (C=O) groups is 1. The second kappa shape index (κ2) is 8.82. The number of carbonyl (C=O) groups excluding carboxylic acids is 1. The van der Waals surface area contributed by atoms with Crippen LogP contribution in [0.2, 0.25) is 0 Å². The number of thiocarbonyl (C=S) groups is 1. The summed E-state index contributed by atoms with van der Waals surface area (Å²) in [6, 6.07) is 7.45. The van der Waals surface area contributed by atoms with E-state index < -0.39 is 0 Å². The van der Waals surface area contributed by atoms with Crippen LogP contribution >= 0.6 is 23.6 Å². The Kier molecular flexibility index (Phi) is 6.78. The van der Waals surface area contributed by atoms with E-state index in [1.54, 1.807) is 7.11 Å². The van der Waals surface area contributed by atoms with Crippen LogP contribution in [0.5, 0.6) is 5.75 Å². The summed E-state index contributed by atoms with van der Waals surface area (Å²) in [6.45, 7) is 4.22. The first-order chi connectivity index (χ1) is 11.9. The Labute approximate surface area is 157 Å². The molecule has 0 saturated heterocycles. The summed E-state index contributed by atoms with van der Waals surface area (Å²) in [5, 5.41) is 9.25. The van der Waals surface area contributed by atoms with E-state index in [-0.39, 0.29) is 5.97 Å². The average molecular weight is 379 g/mol. The number of hydrogen-bond acceptors (Lipinski definition) is 5. The number of thiophene rings is 1. The summed E-state index contributed by atoms with van der Waals surface area (Å²) in [4.78, 5) is 12.2. The first-order valence-electron chi connectivity index (χ1n) is 7.85. The van der Waals surface area contributed by atoms with Gasteiger partial charge >= 0.3 is 5.97 Å². The predicted molar refractivity (Wildman–Crippen MR) is 107 cm³/mol. The van der Waals surface area contributed by atoms with Crippen molar-refractivity contribution in [3.63, 3.8) is 0 Å². The first-order valence-corrected chi connectivity index (χ1v) is 9.14. The molecule has 1 aromatic carbocycles. The van der Waals surface area contributed by atoms with Crippen molar-refractivity contribution in [1.29, 1.82) is 0 Å². The van der Waals surface area contributed by atoms with Crippen molar-refractivity contribution < 1.29 is 14.3 Å². The summed E-state index contributed by atoms with van der Waals surface area (Å²) in [7, 11) is 3.00. The van der Waals surface area contributed by atoms with Gasteiger partial charge in [0.25, 0.3) is 0 Å². The molecule has 0 unspecified atom stereocenters. The van der Waals surface area contributed by atoms with Gasteiger partial charge in [-0.2, -0.15) is 0 Å². The van der Waals surface area contributed by atoms with Crippen LogP contribution in [0.1, 0.15) is 29.8 Å². The molecular formula is C18H22N2O3S2. The van der Waals surface area contributed by atoms with Crippen LogP contribution in [-0.2, 0) is 11.2 Å². The minimum atomic E-state index is -0.358. The number of nitrogens with one attached hydrogen (secondary N) is 2. The first kappa shape index (κ1) is 19.2. The van der Waals surface area contributed by atoms with Crippen molar-refractivity contribution in [3.8, 4) is 5.75 Å². The molecule has 2 rings (SSSR count). The van der Waals surface area contributed by atoms with E-state index in [4.69, 9.17) is 21.7 Å². The lowest BCUT2D eigenvalue weighted by Gasteiger charge is -2.12. The molecule has 2 N–H and O–H groups in total. The zero-order valence-corrected chi connectivity index (χ0v) is 16.3. The number of anilines is 2. The average Bonchev–Trinajstić information content (AvgIpc) is 2.95. The molecule has 25 heavy (non-hydrogen) atoms. The Bertz CT molecular complexity index is 757. The largest absolute Gasteiger partial charge is 0.497 e. The molecule has 2 aromatic rings. The maximum atomic E-state index is 12.2. The topological polar surface area (TPSA) is 59.6 Å². The normalized spacial score (nSPS) is 10.4. The van der Waals surface area contributed by atoms with Crippen LogP contribution in [0, 0.1) is 5.92 Å². The van der Waals surface area contributed by atoms with Gasteiger partial charge in [-0.15, -0.1) is 11.3 Å². The van der Waals surface area contributed by atoms with Crippen LogP contribution in [0.3, 0.4) is 0 Å². The maximum Gasteiger partial charge on any atom is 0.341 e. The quantitative estimate of drug-likeness (QED) is 0.568. The molecule has 7 heteroatoms. The van der Waals surface area contributed by atoms with E-state index in [1.807, 2.05) is 29.6 Å². The fourth-order valence-electron chi connectivity index (χ4n) is 2.37. The molecule has 0 fully saturated rings. The molecule has 0 radical (unpaired) electrons. The zero-order chi connectivity index (χ0) is 18.4. The van der Waals surface area contributed by atoms with E-state index in [0.717, 1.165) is 23.4 Å². The van der Waals surface area contributed by atoms with Gasteiger partial charge in [-0.25, -0.2) is 4.79 Å².